The molecule has 0 aromatic heterocycles. The minimum Gasteiger partial charge on any atom is -0.468 e. The second-order valence-corrected chi connectivity index (χ2v) is 7.04. The van der Waals surface area contributed by atoms with E-state index < -0.39 is 22.0 Å². The number of ketones is 1. The van der Waals surface area contributed by atoms with Crippen LogP contribution < -0.4 is 0 Å². The lowest BCUT2D eigenvalue weighted by atomic mass is 10.0. The molecule has 21 heavy (non-hydrogen) atoms. The largest absolute Gasteiger partial charge is 0.468 e. The highest BCUT2D eigenvalue weighted by molar-refractivity contribution is 7.89. The van der Waals surface area contributed by atoms with E-state index >= 15 is 0 Å². The summed E-state index contributed by atoms with van der Waals surface area (Å²) in [5.74, 6) is -1.30. The predicted octanol–water partition coefficient (Wildman–Crippen LogP) is 1.07. The van der Waals surface area contributed by atoms with Crippen LogP contribution in [0.5, 0.6) is 0 Å². The Morgan fingerprint density at radius 2 is 1.90 bits per heavy atom. The van der Waals surface area contributed by atoms with Crippen LogP contribution in [-0.2, 0) is 19.6 Å². The van der Waals surface area contributed by atoms with E-state index in [1.807, 2.05) is 0 Å². The van der Waals surface area contributed by atoms with E-state index in [1.165, 1.54) is 19.2 Å². The summed E-state index contributed by atoms with van der Waals surface area (Å²) < 4.78 is 31.0. The van der Waals surface area contributed by atoms with Gasteiger partial charge in [-0.15, -0.1) is 0 Å². The molecule has 0 saturated carbocycles. The standard InChI is InChI=1S/C14H17NO5S/c1-9(2)13(14(17)20-3)15-8-11(16)10-6-4-5-7-12(10)21(15,18)19/h4-7,9,13H,8H2,1-3H3/t13-/m1/s1. The number of sulfonamides is 1. The first-order valence-electron chi connectivity index (χ1n) is 6.52. The Kier molecular flexibility index (Phi) is 4.15. The van der Waals surface area contributed by atoms with Gasteiger partial charge in [0.25, 0.3) is 0 Å². The molecule has 0 fully saturated rings. The third-order valence-corrected chi connectivity index (χ3v) is 5.34. The number of methoxy groups -OCH3 is 1. The fourth-order valence-corrected chi connectivity index (χ4v) is 4.33. The van der Waals surface area contributed by atoms with Crippen molar-refractivity contribution < 1.29 is 22.7 Å². The molecule has 1 aromatic carbocycles. The molecule has 0 bridgehead atoms. The fraction of sp³-hybridized carbons (Fsp3) is 0.429. The van der Waals surface area contributed by atoms with Gasteiger partial charge in [-0.05, 0) is 18.1 Å². The summed E-state index contributed by atoms with van der Waals surface area (Å²) in [6.07, 6.45) is 0. The number of carbonyl (C=O) groups is 2. The third kappa shape index (κ3) is 2.58. The van der Waals surface area contributed by atoms with Crippen LogP contribution in [0.15, 0.2) is 29.2 Å². The van der Waals surface area contributed by atoms with Gasteiger partial charge in [-0.2, -0.15) is 4.31 Å². The second kappa shape index (κ2) is 5.57. The van der Waals surface area contributed by atoms with Gasteiger partial charge >= 0.3 is 5.97 Å². The smallest absolute Gasteiger partial charge is 0.324 e. The molecule has 1 heterocycles. The summed E-state index contributed by atoms with van der Waals surface area (Å²) in [7, 11) is -2.70. The lowest BCUT2D eigenvalue weighted by molar-refractivity contribution is -0.146. The van der Waals surface area contributed by atoms with Gasteiger partial charge in [-0.1, -0.05) is 26.0 Å². The Balaban J connectivity index is 2.57. The Morgan fingerprint density at radius 3 is 2.48 bits per heavy atom. The molecule has 6 nitrogen and oxygen atoms in total. The molecular weight excluding hydrogens is 294 g/mol. The van der Waals surface area contributed by atoms with Gasteiger partial charge in [0.15, 0.2) is 5.78 Å². The van der Waals surface area contributed by atoms with E-state index in [0.29, 0.717) is 0 Å². The van der Waals surface area contributed by atoms with Crippen LogP contribution in [0.3, 0.4) is 0 Å². The number of carbonyl (C=O) groups excluding carboxylic acids is 2. The van der Waals surface area contributed by atoms with Crippen molar-refractivity contribution >= 4 is 21.8 Å². The Bertz CT molecular complexity index is 680. The van der Waals surface area contributed by atoms with Crippen molar-refractivity contribution in [2.45, 2.75) is 24.8 Å². The lowest BCUT2D eigenvalue weighted by Gasteiger charge is -2.34. The number of nitrogens with zero attached hydrogens (tertiary/aromatic N) is 1. The second-order valence-electron chi connectivity index (χ2n) is 5.18. The normalized spacial score (nSPS) is 19.1. The molecule has 0 amide bonds. The number of fused-ring (bicyclic) bond motifs is 1. The van der Waals surface area contributed by atoms with Crippen molar-refractivity contribution in [3.63, 3.8) is 0 Å². The molecule has 1 aliphatic rings. The van der Waals surface area contributed by atoms with Crippen LogP contribution in [0.4, 0.5) is 0 Å². The zero-order chi connectivity index (χ0) is 15.8. The van der Waals surface area contributed by atoms with Gasteiger partial charge < -0.3 is 4.74 Å². The molecular formula is C14H17NO5S. The zero-order valence-electron chi connectivity index (χ0n) is 12.1. The van der Waals surface area contributed by atoms with E-state index in [4.69, 9.17) is 0 Å². The van der Waals surface area contributed by atoms with Crippen LogP contribution in [-0.4, -0.2) is 44.2 Å². The molecule has 1 aliphatic heterocycles. The molecule has 0 N–H and O–H groups in total. The third-order valence-electron chi connectivity index (χ3n) is 3.46. The van der Waals surface area contributed by atoms with Crippen molar-refractivity contribution in [3.8, 4) is 0 Å². The maximum Gasteiger partial charge on any atom is 0.324 e. The van der Waals surface area contributed by atoms with E-state index in [2.05, 4.69) is 4.74 Å². The number of hydrogen-bond acceptors (Lipinski definition) is 5. The molecule has 1 atom stereocenters. The highest BCUT2D eigenvalue weighted by atomic mass is 32.2. The quantitative estimate of drug-likeness (QED) is 0.780. The first-order chi connectivity index (χ1) is 9.80. The maximum atomic E-state index is 12.7. The summed E-state index contributed by atoms with van der Waals surface area (Å²) in [4.78, 5) is 24.0. The number of Topliss-reactive ketones (excluding diaryl/α,β-unsaturated/α-hetero) is 1. The highest BCUT2D eigenvalue weighted by Gasteiger charge is 2.44. The van der Waals surface area contributed by atoms with Gasteiger partial charge in [-0.25, -0.2) is 8.42 Å². The highest BCUT2D eigenvalue weighted by Crippen LogP contribution is 2.30. The number of ether oxygens (including phenoxy) is 1. The van der Waals surface area contributed by atoms with Crippen LogP contribution in [0.2, 0.25) is 0 Å². The van der Waals surface area contributed by atoms with Gasteiger partial charge in [-0.3, -0.25) is 9.59 Å². The molecule has 2 rings (SSSR count). The minimum absolute atomic E-state index is 0.0594. The molecule has 0 spiro atoms. The van der Waals surface area contributed by atoms with Gasteiger partial charge in [0.1, 0.15) is 6.04 Å². The summed E-state index contributed by atoms with van der Waals surface area (Å²) in [5, 5.41) is 0. The zero-order valence-corrected chi connectivity index (χ0v) is 12.9. The Morgan fingerprint density at radius 1 is 1.29 bits per heavy atom. The van der Waals surface area contributed by atoms with Gasteiger partial charge in [0.2, 0.25) is 10.0 Å². The van der Waals surface area contributed by atoms with Crippen molar-refractivity contribution in [1.29, 1.82) is 0 Å². The topological polar surface area (TPSA) is 80.8 Å². The van der Waals surface area contributed by atoms with Crippen LogP contribution in [0, 0.1) is 5.92 Å². The fourth-order valence-electron chi connectivity index (χ4n) is 2.45. The summed E-state index contributed by atoms with van der Waals surface area (Å²) >= 11 is 0. The number of esters is 1. The van der Waals surface area contributed by atoms with Gasteiger partial charge in [0.05, 0.1) is 18.6 Å². The lowest BCUT2D eigenvalue weighted by Crippen LogP contribution is -2.52. The van der Waals surface area contributed by atoms with Crippen molar-refractivity contribution in [3.05, 3.63) is 29.8 Å². The van der Waals surface area contributed by atoms with Crippen LogP contribution >= 0.6 is 0 Å². The van der Waals surface area contributed by atoms with E-state index in [9.17, 15) is 18.0 Å². The minimum atomic E-state index is -3.90. The average molecular weight is 311 g/mol. The average Bonchev–Trinajstić information content (AvgIpc) is 2.44. The molecule has 1 aromatic rings. The number of benzene rings is 1. The molecule has 0 radical (unpaired) electrons. The Labute approximate surface area is 123 Å². The Hall–Kier alpha value is -1.73. The van der Waals surface area contributed by atoms with E-state index in [1.54, 1.807) is 26.0 Å². The van der Waals surface area contributed by atoms with Gasteiger partial charge in [0, 0.05) is 5.56 Å². The first kappa shape index (κ1) is 15.7. The van der Waals surface area contributed by atoms with Crippen LogP contribution in [0.25, 0.3) is 0 Å². The number of rotatable bonds is 3. The molecule has 7 heteroatoms. The summed E-state index contributed by atoms with van der Waals surface area (Å²) in [6, 6.07) is 5.01. The molecule has 0 saturated heterocycles. The SMILES string of the molecule is COC(=O)[C@@H](C(C)C)N1CC(=O)c2ccccc2S1(=O)=O. The van der Waals surface area contributed by atoms with E-state index in [0.717, 1.165) is 4.31 Å². The molecule has 0 unspecified atom stereocenters. The summed E-state index contributed by atoms with van der Waals surface area (Å²) in [6.45, 7) is 3.07. The monoisotopic (exact) mass is 311 g/mol. The van der Waals surface area contributed by atoms with Crippen molar-refractivity contribution in [2.24, 2.45) is 5.92 Å². The van der Waals surface area contributed by atoms with Crippen molar-refractivity contribution in [2.75, 3.05) is 13.7 Å². The predicted molar refractivity (Wildman–Crippen MR) is 75.3 cm³/mol. The summed E-state index contributed by atoms with van der Waals surface area (Å²) in [5.41, 5.74) is 0.168. The van der Waals surface area contributed by atoms with E-state index in [-0.39, 0.29) is 28.7 Å². The van der Waals surface area contributed by atoms with Crippen LogP contribution in [0.1, 0.15) is 24.2 Å². The first-order valence-corrected chi connectivity index (χ1v) is 7.96. The van der Waals surface area contributed by atoms with Crippen molar-refractivity contribution in [1.82, 2.24) is 4.31 Å². The number of hydrogen-bond donors (Lipinski definition) is 0. The maximum absolute atomic E-state index is 12.7. The molecule has 0 aliphatic carbocycles. The molecule has 114 valence electrons.